The predicted octanol–water partition coefficient (Wildman–Crippen LogP) is 4.91. The second-order valence-corrected chi connectivity index (χ2v) is 6.18. The Bertz CT molecular complexity index is 690. The molecule has 0 aliphatic carbocycles. The minimum Gasteiger partial charge on any atom is -0.497 e. The summed E-state index contributed by atoms with van der Waals surface area (Å²) in [5.41, 5.74) is 2.44. The first-order valence-electron chi connectivity index (χ1n) is 6.52. The van der Waals surface area contributed by atoms with E-state index in [0.29, 0.717) is 22.9 Å². The molecule has 1 aliphatic heterocycles. The molecule has 0 spiro atoms. The first kappa shape index (κ1) is 14.7. The Kier molecular flexibility index (Phi) is 4.09. The molecule has 0 amide bonds. The van der Waals surface area contributed by atoms with Crippen molar-refractivity contribution in [2.75, 3.05) is 13.7 Å². The van der Waals surface area contributed by atoms with Gasteiger partial charge in [-0.2, -0.15) is 0 Å². The first-order chi connectivity index (χ1) is 10.1. The van der Waals surface area contributed by atoms with Gasteiger partial charge in [0.15, 0.2) is 0 Å². The van der Waals surface area contributed by atoms with Crippen LogP contribution in [0.5, 0.6) is 11.5 Å². The maximum absolute atomic E-state index is 14.2. The molecular weight excluding hydrogens is 359 g/mol. The number of halogens is 3. The van der Waals surface area contributed by atoms with Crippen molar-refractivity contribution in [1.82, 2.24) is 0 Å². The predicted molar refractivity (Wildman–Crippen MR) is 84.4 cm³/mol. The fraction of sp³-hybridized carbons (Fsp3) is 0.250. The van der Waals surface area contributed by atoms with Crippen molar-refractivity contribution in [3.8, 4) is 11.5 Å². The van der Waals surface area contributed by atoms with E-state index < -0.39 is 0 Å². The number of ether oxygens (including phenoxy) is 2. The van der Waals surface area contributed by atoms with Crippen LogP contribution in [0, 0.1) is 5.82 Å². The summed E-state index contributed by atoms with van der Waals surface area (Å²) in [5, 5.41) is 0.632. The summed E-state index contributed by atoms with van der Waals surface area (Å²) in [7, 11) is 1.51. The van der Waals surface area contributed by atoms with Crippen molar-refractivity contribution in [1.29, 1.82) is 0 Å². The molecule has 5 heteroatoms. The van der Waals surface area contributed by atoms with Crippen LogP contribution in [0.2, 0.25) is 5.02 Å². The molecule has 1 aliphatic rings. The molecule has 0 saturated carbocycles. The van der Waals surface area contributed by atoms with Gasteiger partial charge < -0.3 is 9.47 Å². The zero-order valence-electron chi connectivity index (χ0n) is 11.3. The maximum Gasteiger partial charge on any atom is 0.131 e. The molecule has 0 saturated heterocycles. The first-order valence-corrected chi connectivity index (χ1v) is 7.82. The Labute approximate surface area is 136 Å². The highest BCUT2D eigenvalue weighted by Crippen LogP contribution is 2.43. The van der Waals surface area contributed by atoms with Crippen LogP contribution in [-0.2, 0) is 6.42 Å². The molecule has 1 atom stereocenters. The van der Waals surface area contributed by atoms with Crippen LogP contribution in [0.25, 0.3) is 0 Å². The average molecular weight is 372 g/mol. The van der Waals surface area contributed by atoms with Crippen LogP contribution in [-0.4, -0.2) is 13.7 Å². The third-order valence-corrected chi connectivity index (χ3v) is 4.74. The lowest BCUT2D eigenvalue weighted by molar-refractivity contribution is 0.354. The highest BCUT2D eigenvalue weighted by Gasteiger charge is 2.24. The summed E-state index contributed by atoms with van der Waals surface area (Å²) < 4.78 is 24.9. The van der Waals surface area contributed by atoms with Crippen LogP contribution >= 0.6 is 27.5 Å². The van der Waals surface area contributed by atoms with E-state index in [0.717, 1.165) is 23.3 Å². The van der Waals surface area contributed by atoms with Crippen molar-refractivity contribution in [3.05, 3.63) is 57.9 Å². The number of rotatable bonds is 3. The molecule has 0 aromatic heterocycles. The van der Waals surface area contributed by atoms with E-state index in [1.54, 1.807) is 12.1 Å². The van der Waals surface area contributed by atoms with Gasteiger partial charge in [0.05, 0.1) is 18.5 Å². The highest BCUT2D eigenvalue weighted by atomic mass is 79.9. The number of hydrogen-bond acceptors (Lipinski definition) is 2. The zero-order chi connectivity index (χ0) is 15.0. The standard InChI is InChI=1S/C16H13BrClFO2/c1-20-11-2-3-12(14(19)8-11)15(17)13-7-10(18)6-9-4-5-21-16(9)13/h2-3,6-8,15H,4-5H2,1H3. The van der Waals surface area contributed by atoms with Gasteiger partial charge in [-0.25, -0.2) is 4.39 Å². The quantitative estimate of drug-likeness (QED) is 0.714. The van der Waals surface area contributed by atoms with Crippen LogP contribution in [0.3, 0.4) is 0 Å². The van der Waals surface area contributed by atoms with Crippen molar-refractivity contribution in [2.24, 2.45) is 0 Å². The van der Waals surface area contributed by atoms with E-state index in [1.807, 2.05) is 12.1 Å². The summed E-state index contributed by atoms with van der Waals surface area (Å²) in [4.78, 5) is -0.325. The normalized spacial score (nSPS) is 14.5. The van der Waals surface area contributed by atoms with Crippen LogP contribution in [0.15, 0.2) is 30.3 Å². The molecule has 2 aromatic rings. The van der Waals surface area contributed by atoms with E-state index >= 15 is 0 Å². The van der Waals surface area contributed by atoms with Gasteiger partial charge in [0, 0.05) is 28.6 Å². The zero-order valence-corrected chi connectivity index (χ0v) is 13.7. The molecule has 0 bridgehead atoms. The van der Waals surface area contributed by atoms with E-state index in [2.05, 4.69) is 15.9 Å². The Morgan fingerprint density at radius 1 is 1.29 bits per heavy atom. The molecule has 1 heterocycles. The lowest BCUT2D eigenvalue weighted by Crippen LogP contribution is -2.00. The molecule has 0 fully saturated rings. The summed E-state index contributed by atoms with van der Waals surface area (Å²) >= 11 is 9.72. The van der Waals surface area contributed by atoms with Gasteiger partial charge in [-0.3, -0.25) is 0 Å². The number of hydrogen-bond donors (Lipinski definition) is 0. The number of alkyl halides is 1. The van der Waals surface area contributed by atoms with Crippen LogP contribution in [0.4, 0.5) is 4.39 Å². The molecule has 2 aromatic carbocycles. The summed E-state index contributed by atoms with van der Waals surface area (Å²) in [6, 6.07) is 8.52. The number of methoxy groups -OCH3 is 1. The molecule has 1 unspecified atom stereocenters. The van der Waals surface area contributed by atoms with Crippen molar-refractivity contribution in [2.45, 2.75) is 11.2 Å². The second kappa shape index (κ2) is 5.85. The van der Waals surface area contributed by atoms with Gasteiger partial charge in [0.25, 0.3) is 0 Å². The molecule has 110 valence electrons. The Hall–Kier alpha value is -1.26. The third-order valence-electron chi connectivity index (χ3n) is 3.53. The fourth-order valence-corrected chi connectivity index (χ4v) is 3.45. The average Bonchev–Trinajstić information content (AvgIpc) is 2.93. The van der Waals surface area contributed by atoms with E-state index in [9.17, 15) is 4.39 Å². The Morgan fingerprint density at radius 2 is 2.10 bits per heavy atom. The third kappa shape index (κ3) is 2.74. The van der Waals surface area contributed by atoms with Crippen molar-refractivity contribution >= 4 is 27.5 Å². The molecule has 0 radical (unpaired) electrons. The minimum atomic E-state index is -0.331. The molecule has 0 N–H and O–H groups in total. The second-order valence-electron chi connectivity index (χ2n) is 4.83. The minimum absolute atomic E-state index is 0.325. The topological polar surface area (TPSA) is 18.5 Å². The highest BCUT2D eigenvalue weighted by molar-refractivity contribution is 9.09. The van der Waals surface area contributed by atoms with Crippen LogP contribution < -0.4 is 9.47 Å². The Balaban J connectivity index is 2.05. The Morgan fingerprint density at radius 3 is 2.81 bits per heavy atom. The lowest BCUT2D eigenvalue weighted by atomic mass is 10.0. The lowest BCUT2D eigenvalue weighted by Gasteiger charge is -2.16. The van der Waals surface area contributed by atoms with Gasteiger partial charge >= 0.3 is 0 Å². The molecule has 3 rings (SSSR count). The maximum atomic E-state index is 14.2. The SMILES string of the molecule is COc1ccc(C(Br)c2cc(Cl)cc3c2OCC3)c(F)c1. The van der Waals surface area contributed by atoms with Gasteiger partial charge in [0.2, 0.25) is 0 Å². The molecular formula is C16H13BrClFO2. The smallest absolute Gasteiger partial charge is 0.131 e. The van der Waals surface area contributed by atoms with Gasteiger partial charge in [0.1, 0.15) is 17.3 Å². The van der Waals surface area contributed by atoms with Gasteiger partial charge in [-0.1, -0.05) is 33.6 Å². The summed E-state index contributed by atoms with van der Waals surface area (Å²) in [5.74, 6) is 0.961. The monoisotopic (exact) mass is 370 g/mol. The fourth-order valence-electron chi connectivity index (χ4n) is 2.49. The molecule has 2 nitrogen and oxygen atoms in total. The van der Waals surface area contributed by atoms with Gasteiger partial charge in [-0.15, -0.1) is 0 Å². The van der Waals surface area contributed by atoms with Crippen molar-refractivity contribution in [3.63, 3.8) is 0 Å². The van der Waals surface area contributed by atoms with E-state index in [-0.39, 0.29) is 10.6 Å². The van der Waals surface area contributed by atoms with Crippen molar-refractivity contribution < 1.29 is 13.9 Å². The van der Waals surface area contributed by atoms with Gasteiger partial charge in [-0.05, 0) is 23.8 Å². The summed E-state index contributed by atoms with van der Waals surface area (Å²) in [6.45, 7) is 0.632. The largest absolute Gasteiger partial charge is 0.497 e. The van der Waals surface area contributed by atoms with E-state index in [1.165, 1.54) is 13.2 Å². The van der Waals surface area contributed by atoms with E-state index in [4.69, 9.17) is 21.1 Å². The number of benzene rings is 2. The number of fused-ring (bicyclic) bond motifs is 1. The molecule has 21 heavy (non-hydrogen) atoms. The van der Waals surface area contributed by atoms with Crippen LogP contribution in [0.1, 0.15) is 21.5 Å². The summed E-state index contributed by atoms with van der Waals surface area (Å²) in [6.07, 6.45) is 0.827.